The van der Waals surface area contributed by atoms with Crippen molar-refractivity contribution in [2.75, 3.05) is 0 Å². The highest BCUT2D eigenvalue weighted by molar-refractivity contribution is 6.30. The zero-order chi connectivity index (χ0) is 20.5. The van der Waals surface area contributed by atoms with Gasteiger partial charge in [-0.1, -0.05) is 17.7 Å². The molecule has 6 nitrogen and oxygen atoms in total. The van der Waals surface area contributed by atoms with Crippen molar-refractivity contribution in [2.24, 2.45) is 0 Å². The van der Waals surface area contributed by atoms with Crippen molar-refractivity contribution in [1.29, 1.82) is 5.26 Å². The van der Waals surface area contributed by atoms with Crippen LogP contribution in [-0.4, -0.2) is 20.9 Å². The van der Waals surface area contributed by atoms with Crippen LogP contribution in [0.5, 0.6) is 5.75 Å². The summed E-state index contributed by atoms with van der Waals surface area (Å²) in [7, 11) is 0. The van der Waals surface area contributed by atoms with Crippen molar-refractivity contribution >= 4 is 11.6 Å². The summed E-state index contributed by atoms with van der Waals surface area (Å²) >= 11 is 6.22. The molecule has 2 heterocycles. The summed E-state index contributed by atoms with van der Waals surface area (Å²) in [5.41, 5.74) is 2.91. The van der Waals surface area contributed by atoms with Gasteiger partial charge in [0, 0.05) is 17.5 Å². The van der Waals surface area contributed by atoms with E-state index in [1.54, 1.807) is 12.1 Å². The van der Waals surface area contributed by atoms with Gasteiger partial charge >= 0.3 is 0 Å². The number of nitrogens with one attached hydrogen (secondary N) is 1. The standard InChI is InChI=1S/C23H22ClN5O/c24-18-6-9-21-17(11-18)13-26-14-22-27-28-23(29(21)22)16-4-7-19(8-5-16)30-20-3-1-2-15(10-20)12-25/h1-3,6,9-11,16,19,26H,4-5,7-8,13-14H2/t16-,19-. The van der Waals surface area contributed by atoms with Gasteiger partial charge in [-0.05, 0) is 67.6 Å². The van der Waals surface area contributed by atoms with Crippen LogP contribution in [0.4, 0.5) is 0 Å². The lowest BCUT2D eigenvalue weighted by Gasteiger charge is -2.29. The molecule has 152 valence electrons. The van der Waals surface area contributed by atoms with Crippen molar-refractivity contribution in [3.63, 3.8) is 0 Å². The number of fused-ring (bicyclic) bond motifs is 3. The van der Waals surface area contributed by atoms with Crippen LogP contribution >= 0.6 is 11.6 Å². The van der Waals surface area contributed by atoms with Gasteiger partial charge in [-0.15, -0.1) is 10.2 Å². The van der Waals surface area contributed by atoms with E-state index in [-0.39, 0.29) is 6.10 Å². The molecule has 1 aromatic heterocycles. The average Bonchev–Trinajstić information content (AvgIpc) is 3.10. The van der Waals surface area contributed by atoms with Crippen molar-refractivity contribution in [2.45, 2.75) is 50.8 Å². The lowest BCUT2D eigenvalue weighted by Crippen LogP contribution is -2.25. The number of halogens is 1. The monoisotopic (exact) mass is 419 g/mol. The summed E-state index contributed by atoms with van der Waals surface area (Å²) in [4.78, 5) is 0. The maximum Gasteiger partial charge on any atom is 0.151 e. The Hall–Kier alpha value is -2.88. The van der Waals surface area contributed by atoms with Crippen molar-refractivity contribution in [1.82, 2.24) is 20.1 Å². The van der Waals surface area contributed by atoms with E-state index in [0.717, 1.165) is 65.9 Å². The van der Waals surface area contributed by atoms with Gasteiger partial charge < -0.3 is 10.1 Å². The highest BCUT2D eigenvalue weighted by Gasteiger charge is 2.30. The second-order valence-electron chi connectivity index (χ2n) is 7.92. The van der Waals surface area contributed by atoms with Crippen LogP contribution in [0, 0.1) is 11.3 Å². The summed E-state index contributed by atoms with van der Waals surface area (Å²) in [5, 5.41) is 22.3. The maximum atomic E-state index is 9.08. The SMILES string of the molecule is N#Cc1cccc(O[C@H]2CC[C@H](c3nnc4n3-c3ccc(Cl)cc3CNC4)CC2)c1. The molecule has 1 aliphatic carbocycles. The molecule has 1 saturated carbocycles. The topological polar surface area (TPSA) is 75.8 Å². The molecular formula is C23H22ClN5O. The molecule has 0 unspecified atom stereocenters. The van der Waals surface area contributed by atoms with E-state index in [9.17, 15) is 0 Å². The van der Waals surface area contributed by atoms with Crippen LogP contribution in [0.2, 0.25) is 5.02 Å². The van der Waals surface area contributed by atoms with Crippen LogP contribution in [-0.2, 0) is 13.1 Å². The van der Waals surface area contributed by atoms with E-state index < -0.39 is 0 Å². The second-order valence-corrected chi connectivity index (χ2v) is 8.35. The van der Waals surface area contributed by atoms with Crippen LogP contribution in [0.1, 0.15) is 54.4 Å². The third-order valence-electron chi connectivity index (χ3n) is 5.94. The molecule has 1 fully saturated rings. The van der Waals surface area contributed by atoms with Crippen LogP contribution in [0.25, 0.3) is 5.69 Å². The molecule has 5 rings (SSSR count). The highest BCUT2D eigenvalue weighted by atomic mass is 35.5. The quantitative estimate of drug-likeness (QED) is 0.676. The number of nitriles is 1. The van der Waals surface area contributed by atoms with E-state index in [1.807, 2.05) is 24.3 Å². The molecule has 30 heavy (non-hydrogen) atoms. The Morgan fingerprint density at radius 1 is 1.07 bits per heavy atom. The number of benzene rings is 2. The summed E-state index contributed by atoms with van der Waals surface area (Å²) in [6.45, 7) is 1.45. The fourth-order valence-electron chi connectivity index (χ4n) is 4.46. The molecule has 7 heteroatoms. The van der Waals surface area contributed by atoms with Gasteiger partial charge in [0.1, 0.15) is 11.6 Å². The number of ether oxygens (including phenoxy) is 1. The van der Waals surface area contributed by atoms with Crippen molar-refractivity contribution in [3.05, 3.63) is 70.3 Å². The smallest absolute Gasteiger partial charge is 0.151 e. The summed E-state index contributed by atoms with van der Waals surface area (Å²) in [6.07, 6.45) is 4.06. The molecule has 0 amide bonds. The zero-order valence-electron chi connectivity index (χ0n) is 16.5. The van der Waals surface area contributed by atoms with Gasteiger partial charge in [-0.2, -0.15) is 5.26 Å². The van der Waals surface area contributed by atoms with Crippen LogP contribution in [0.15, 0.2) is 42.5 Å². The molecule has 1 N–H and O–H groups in total. The molecule has 0 spiro atoms. The minimum atomic E-state index is 0.162. The van der Waals surface area contributed by atoms with Gasteiger partial charge in [-0.3, -0.25) is 4.57 Å². The van der Waals surface area contributed by atoms with Gasteiger partial charge in [0.2, 0.25) is 0 Å². The molecule has 0 saturated heterocycles. The molecule has 1 aliphatic heterocycles. The summed E-state index contributed by atoms with van der Waals surface area (Å²) in [5.74, 6) is 3.09. The molecule has 2 aromatic carbocycles. The number of aromatic nitrogens is 3. The minimum absolute atomic E-state index is 0.162. The number of rotatable bonds is 3. The first-order chi connectivity index (χ1) is 14.7. The first-order valence-electron chi connectivity index (χ1n) is 10.3. The van der Waals surface area contributed by atoms with Crippen LogP contribution < -0.4 is 10.1 Å². The average molecular weight is 420 g/mol. The number of nitrogens with zero attached hydrogens (tertiary/aromatic N) is 4. The largest absolute Gasteiger partial charge is 0.490 e. The van der Waals surface area contributed by atoms with E-state index in [1.165, 1.54) is 0 Å². The third-order valence-corrected chi connectivity index (χ3v) is 6.18. The lowest BCUT2D eigenvalue weighted by molar-refractivity contribution is 0.144. The Morgan fingerprint density at radius 2 is 1.93 bits per heavy atom. The fraction of sp³-hybridized carbons (Fsp3) is 0.348. The Labute approximate surface area is 180 Å². The predicted octanol–water partition coefficient (Wildman–Crippen LogP) is 4.50. The molecule has 0 bridgehead atoms. The second kappa shape index (κ2) is 8.10. The van der Waals surface area contributed by atoms with Gasteiger partial charge in [0.05, 0.1) is 30.0 Å². The number of hydrogen-bond acceptors (Lipinski definition) is 5. The first kappa shape index (κ1) is 19.1. The highest BCUT2D eigenvalue weighted by Crippen LogP contribution is 2.36. The predicted molar refractivity (Wildman–Crippen MR) is 114 cm³/mol. The fourth-order valence-corrected chi connectivity index (χ4v) is 4.66. The van der Waals surface area contributed by atoms with E-state index in [0.29, 0.717) is 18.0 Å². The molecule has 0 atom stereocenters. The Balaban J connectivity index is 1.34. The maximum absolute atomic E-state index is 9.08. The third kappa shape index (κ3) is 3.67. The normalized spacial score (nSPS) is 20.5. The van der Waals surface area contributed by atoms with E-state index in [2.05, 4.69) is 32.2 Å². The Bertz CT molecular complexity index is 1110. The Kier molecular flexibility index (Phi) is 5.16. The van der Waals surface area contributed by atoms with Gasteiger partial charge in [0.25, 0.3) is 0 Å². The zero-order valence-corrected chi connectivity index (χ0v) is 17.3. The molecule has 2 aliphatic rings. The van der Waals surface area contributed by atoms with Crippen molar-refractivity contribution < 1.29 is 4.74 Å². The number of hydrogen-bond donors (Lipinski definition) is 1. The van der Waals surface area contributed by atoms with Gasteiger partial charge in [-0.25, -0.2) is 0 Å². The van der Waals surface area contributed by atoms with E-state index in [4.69, 9.17) is 21.6 Å². The molecular weight excluding hydrogens is 398 g/mol. The Morgan fingerprint density at radius 3 is 2.77 bits per heavy atom. The van der Waals surface area contributed by atoms with Gasteiger partial charge in [0.15, 0.2) is 5.82 Å². The van der Waals surface area contributed by atoms with Crippen LogP contribution in [0.3, 0.4) is 0 Å². The lowest BCUT2D eigenvalue weighted by atomic mass is 9.86. The molecule has 0 radical (unpaired) electrons. The van der Waals surface area contributed by atoms with E-state index >= 15 is 0 Å². The summed E-state index contributed by atoms with van der Waals surface area (Å²) in [6, 6.07) is 15.6. The summed E-state index contributed by atoms with van der Waals surface area (Å²) < 4.78 is 8.36. The molecule has 3 aromatic rings. The first-order valence-corrected chi connectivity index (χ1v) is 10.7. The minimum Gasteiger partial charge on any atom is -0.490 e. The van der Waals surface area contributed by atoms with Crippen molar-refractivity contribution in [3.8, 4) is 17.5 Å².